The lowest BCUT2D eigenvalue weighted by atomic mass is 9.89. The normalized spacial score (nSPS) is 12.1. The molecule has 13 rings (SSSR count). The Hall–Kier alpha value is -7.82. The molecule has 4 heterocycles. The number of nitrogens with zero attached hydrogens (tertiary/aromatic N) is 2. The van der Waals surface area contributed by atoms with Gasteiger partial charge in [-0.2, -0.15) is 0 Å². The first-order valence-electron chi connectivity index (χ1n) is 19.8. The van der Waals surface area contributed by atoms with Crippen molar-refractivity contribution in [2.24, 2.45) is 0 Å². The molecule has 0 bridgehead atoms. The lowest BCUT2D eigenvalue weighted by Crippen LogP contribution is -1.95. The quantitative estimate of drug-likeness (QED) is 0.180. The molecular weight excluding hydrogens is 709 g/mol. The molecule has 0 spiro atoms. The third-order valence-corrected chi connectivity index (χ3v) is 12.1. The van der Waals surface area contributed by atoms with Gasteiger partial charge < -0.3 is 18.0 Å². The third kappa shape index (κ3) is 4.34. The van der Waals surface area contributed by atoms with Gasteiger partial charge in [-0.25, -0.2) is 0 Å². The van der Waals surface area contributed by atoms with Gasteiger partial charge in [0.2, 0.25) is 0 Å². The van der Waals surface area contributed by atoms with Crippen LogP contribution >= 0.6 is 0 Å². The van der Waals surface area contributed by atoms with E-state index >= 15 is 0 Å². The first kappa shape index (κ1) is 31.4. The van der Waals surface area contributed by atoms with Crippen LogP contribution in [0.3, 0.4) is 0 Å². The number of fused-ring (bicyclic) bond motifs is 12. The summed E-state index contributed by atoms with van der Waals surface area (Å²) >= 11 is 0. The highest BCUT2D eigenvalue weighted by atomic mass is 16.3. The first-order chi connectivity index (χ1) is 28.8. The Kier molecular flexibility index (Phi) is 6.41. The van der Waals surface area contributed by atoms with E-state index in [1.165, 1.54) is 43.7 Å². The van der Waals surface area contributed by atoms with Crippen molar-refractivity contribution >= 4 is 87.5 Å². The van der Waals surface area contributed by atoms with Crippen LogP contribution in [0.2, 0.25) is 0 Å². The Morgan fingerprint density at radius 1 is 0.328 bits per heavy atom. The van der Waals surface area contributed by atoms with E-state index in [1.54, 1.807) is 0 Å². The smallest absolute Gasteiger partial charge is 0.159 e. The molecule has 0 saturated carbocycles. The molecule has 0 saturated heterocycles. The number of hydrogen-bond acceptors (Lipinski definition) is 2. The van der Waals surface area contributed by atoms with Crippen LogP contribution < -0.4 is 0 Å². The molecule has 0 aliphatic rings. The topological polar surface area (TPSA) is 36.1 Å². The van der Waals surface area contributed by atoms with E-state index in [2.05, 4.69) is 185 Å². The summed E-state index contributed by atoms with van der Waals surface area (Å²) in [5, 5.41) is 9.30. The maximum Gasteiger partial charge on any atom is 0.159 e. The van der Waals surface area contributed by atoms with E-state index in [0.29, 0.717) is 0 Å². The van der Waals surface area contributed by atoms with Gasteiger partial charge in [0.25, 0.3) is 0 Å². The molecule has 9 aromatic carbocycles. The zero-order valence-corrected chi connectivity index (χ0v) is 31.2. The van der Waals surface area contributed by atoms with Gasteiger partial charge in [0.05, 0.1) is 27.8 Å². The van der Waals surface area contributed by atoms with Crippen LogP contribution in [0.1, 0.15) is 0 Å². The van der Waals surface area contributed by atoms with Gasteiger partial charge in [0.15, 0.2) is 5.58 Å². The molecule has 0 N–H and O–H groups in total. The molecule has 0 aliphatic heterocycles. The predicted molar refractivity (Wildman–Crippen MR) is 241 cm³/mol. The van der Waals surface area contributed by atoms with Crippen molar-refractivity contribution in [3.05, 3.63) is 194 Å². The van der Waals surface area contributed by atoms with Gasteiger partial charge >= 0.3 is 0 Å². The summed E-state index contributed by atoms with van der Waals surface area (Å²) in [7, 11) is 0. The second-order valence-electron chi connectivity index (χ2n) is 15.2. The van der Waals surface area contributed by atoms with Crippen molar-refractivity contribution in [1.29, 1.82) is 0 Å². The molecule has 4 nitrogen and oxygen atoms in total. The van der Waals surface area contributed by atoms with E-state index in [0.717, 1.165) is 77.4 Å². The van der Waals surface area contributed by atoms with Gasteiger partial charge in [0.1, 0.15) is 16.7 Å². The minimum absolute atomic E-state index is 0.887. The Morgan fingerprint density at radius 2 is 0.914 bits per heavy atom. The average molecular weight is 741 g/mol. The van der Waals surface area contributed by atoms with Crippen LogP contribution in [0, 0.1) is 0 Å². The number of benzene rings is 9. The molecule has 58 heavy (non-hydrogen) atoms. The second-order valence-corrected chi connectivity index (χ2v) is 15.2. The standard InChI is InChI=1S/C54H32N2O2/c1-2-13-35(14-3-1)55-45-21-9-5-18-41(45)53-47(55)29-27-36(33-26-30-51-43(31-33)39-17-7-10-23-49(39)57-51)52(53)34-25-28-46-42(32-34)37-15-4-8-20-44(37)56(46)48-22-12-19-40-38-16-6-11-24-50(38)58-54(40)48/h1-32H. The summed E-state index contributed by atoms with van der Waals surface area (Å²) in [5.41, 5.74) is 15.0. The van der Waals surface area contributed by atoms with Crippen LogP contribution in [0.5, 0.6) is 0 Å². The second kappa shape index (κ2) is 11.8. The summed E-state index contributed by atoms with van der Waals surface area (Å²) in [6, 6.07) is 69.7. The fourth-order valence-electron chi connectivity index (χ4n) is 9.65. The monoisotopic (exact) mass is 740 g/mol. The zero-order valence-electron chi connectivity index (χ0n) is 31.2. The van der Waals surface area contributed by atoms with E-state index in [4.69, 9.17) is 8.83 Å². The SMILES string of the molecule is c1ccc(-n2c3ccccc3c3c(-c4ccc5c(c4)c4ccccc4n5-c4cccc5c4oc4ccccc45)c(-c4ccc5oc6ccccc6c5c4)ccc32)cc1. The number of rotatable bonds is 4. The molecule has 4 aromatic heterocycles. The average Bonchev–Trinajstić information content (AvgIpc) is 4.04. The fourth-order valence-corrected chi connectivity index (χ4v) is 9.65. The maximum absolute atomic E-state index is 6.61. The van der Waals surface area contributed by atoms with E-state index in [-0.39, 0.29) is 0 Å². The van der Waals surface area contributed by atoms with Gasteiger partial charge in [0, 0.05) is 48.8 Å². The Bertz CT molecular complexity index is 3800. The zero-order chi connectivity index (χ0) is 37.9. The number of furan rings is 2. The summed E-state index contributed by atoms with van der Waals surface area (Å²) in [4.78, 5) is 0. The van der Waals surface area contributed by atoms with Gasteiger partial charge in [-0.15, -0.1) is 0 Å². The third-order valence-electron chi connectivity index (χ3n) is 12.1. The number of para-hydroxylation sites is 6. The number of hydrogen-bond donors (Lipinski definition) is 0. The Morgan fingerprint density at radius 3 is 1.74 bits per heavy atom. The van der Waals surface area contributed by atoms with E-state index in [9.17, 15) is 0 Å². The summed E-state index contributed by atoms with van der Waals surface area (Å²) < 4.78 is 17.7. The van der Waals surface area contributed by atoms with Crippen molar-refractivity contribution < 1.29 is 8.83 Å². The molecule has 0 radical (unpaired) electrons. The lowest BCUT2D eigenvalue weighted by molar-refractivity contribution is 0.666. The molecule has 0 unspecified atom stereocenters. The maximum atomic E-state index is 6.61. The van der Waals surface area contributed by atoms with E-state index < -0.39 is 0 Å². The fraction of sp³-hybridized carbons (Fsp3) is 0. The lowest BCUT2D eigenvalue weighted by Gasteiger charge is -2.15. The molecule has 0 atom stereocenters. The Labute approximate surface area is 332 Å². The van der Waals surface area contributed by atoms with Gasteiger partial charge in [-0.05, 0) is 95.1 Å². The molecule has 0 fully saturated rings. The van der Waals surface area contributed by atoms with Crippen molar-refractivity contribution in [2.75, 3.05) is 0 Å². The highest BCUT2D eigenvalue weighted by molar-refractivity contribution is 6.21. The molecule has 13 aromatic rings. The minimum atomic E-state index is 0.887. The van der Waals surface area contributed by atoms with Crippen LogP contribution in [0.4, 0.5) is 0 Å². The van der Waals surface area contributed by atoms with Crippen LogP contribution in [0.15, 0.2) is 203 Å². The summed E-state index contributed by atoms with van der Waals surface area (Å²) in [5.74, 6) is 0. The summed E-state index contributed by atoms with van der Waals surface area (Å²) in [6.45, 7) is 0. The predicted octanol–water partition coefficient (Wildman–Crippen LogP) is 15.0. The van der Waals surface area contributed by atoms with Gasteiger partial charge in [-0.3, -0.25) is 0 Å². The van der Waals surface area contributed by atoms with Crippen molar-refractivity contribution in [1.82, 2.24) is 9.13 Å². The largest absolute Gasteiger partial charge is 0.456 e. The molecule has 270 valence electrons. The van der Waals surface area contributed by atoms with Crippen LogP contribution in [0.25, 0.3) is 121 Å². The Balaban J connectivity index is 1.13. The van der Waals surface area contributed by atoms with Crippen molar-refractivity contribution in [3.8, 4) is 33.6 Å². The molecule has 4 heteroatoms. The minimum Gasteiger partial charge on any atom is -0.456 e. The highest BCUT2D eigenvalue weighted by Crippen LogP contribution is 2.47. The van der Waals surface area contributed by atoms with Crippen LogP contribution in [-0.2, 0) is 0 Å². The summed E-state index contributed by atoms with van der Waals surface area (Å²) in [6.07, 6.45) is 0. The molecular formula is C54H32N2O2. The molecule has 0 amide bonds. The van der Waals surface area contributed by atoms with E-state index in [1.807, 2.05) is 18.2 Å². The van der Waals surface area contributed by atoms with Crippen molar-refractivity contribution in [3.63, 3.8) is 0 Å². The van der Waals surface area contributed by atoms with Crippen LogP contribution in [-0.4, -0.2) is 9.13 Å². The van der Waals surface area contributed by atoms with Crippen molar-refractivity contribution in [2.45, 2.75) is 0 Å². The number of aromatic nitrogens is 2. The first-order valence-corrected chi connectivity index (χ1v) is 19.8. The molecule has 0 aliphatic carbocycles. The highest BCUT2D eigenvalue weighted by Gasteiger charge is 2.23. The van der Waals surface area contributed by atoms with Gasteiger partial charge in [-0.1, -0.05) is 121 Å².